The molecule has 6 nitrogen and oxygen atoms in total. The highest BCUT2D eigenvalue weighted by Crippen LogP contribution is 2.35. The van der Waals surface area contributed by atoms with Gasteiger partial charge in [-0.2, -0.15) is 0 Å². The van der Waals surface area contributed by atoms with Crippen LogP contribution in [-0.4, -0.2) is 46.5 Å². The van der Waals surface area contributed by atoms with Gasteiger partial charge in [0.25, 0.3) is 5.56 Å². The van der Waals surface area contributed by atoms with E-state index in [-0.39, 0.29) is 23.8 Å². The number of hydrogen-bond donors (Lipinski definition) is 0. The number of nitrogens with zero attached hydrogens (tertiary/aromatic N) is 4. The molecule has 0 atom stereocenters. The van der Waals surface area contributed by atoms with Crippen molar-refractivity contribution in [2.24, 2.45) is 0 Å². The molecule has 9 heteroatoms. The van der Waals surface area contributed by atoms with Crippen molar-refractivity contribution in [1.29, 1.82) is 0 Å². The van der Waals surface area contributed by atoms with Crippen LogP contribution in [0.3, 0.4) is 0 Å². The number of piperazine rings is 1. The number of anilines is 1. The molecule has 0 bridgehead atoms. The Hall–Kier alpha value is -2.97. The van der Waals surface area contributed by atoms with E-state index in [1.54, 1.807) is 23.1 Å². The average molecular weight is 457 g/mol. The van der Waals surface area contributed by atoms with Crippen molar-refractivity contribution in [2.75, 3.05) is 31.1 Å². The topological polar surface area (TPSA) is 58.4 Å². The molecule has 5 rings (SSSR count). The smallest absolute Gasteiger partial charge is 0.271 e. The summed E-state index contributed by atoms with van der Waals surface area (Å²) < 4.78 is 15.9. The minimum Gasteiger partial charge on any atom is -0.368 e. The number of amides is 1. The second kappa shape index (κ2) is 7.94. The number of benzene rings is 2. The summed E-state index contributed by atoms with van der Waals surface area (Å²) in [6.45, 7) is 2.33. The first kappa shape index (κ1) is 20.0. The molecule has 0 N–H and O–H groups in total. The maximum absolute atomic E-state index is 13.1. The molecule has 0 spiro atoms. The van der Waals surface area contributed by atoms with Crippen molar-refractivity contribution >= 4 is 54.8 Å². The first-order chi connectivity index (χ1) is 15.0. The molecular formula is C22H18ClFN4O2S. The molecule has 0 unspecified atom stereocenters. The number of carbonyl (C=O) groups excluding carboxylic acids is 1. The molecule has 0 radical (unpaired) electrons. The summed E-state index contributed by atoms with van der Waals surface area (Å²) in [6.07, 6.45) is 1.42. The van der Waals surface area contributed by atoms with E-state index < -0.39 is 0 Å². The van der Waals surface area contributed by atoms with Crippen LogP contribution in [0.4, 0.5) is 10.1 Å². The van der Waals surface area contributed by atoms with Crippen LogP contribution in [0.15, 0.2) is 53.6 Å². The van der Waals surface area contributed by atoms with E-state index in [4.69, 9.17) is 11.6 Å². The standard InChI is InChI=1S/C22H18ClFN4O2S/c23-16-2-1-3-17-19(16)20-21(31-17)22(30)28(13-25-20)12-18(29)27-10-8-26(9-11-27)15-6-4-14(24)5-7-15/h1-7,13H,8-12H2. The molecule has 158 valence electrons. The van der Waals surface area contributed by atoms with Gasteiger partial charge in [0.05, 0.1) is 16.9 Å². The average Bonchev–Trinajstić information content (AvgIpc) is 3.17. The van der Waals surface area contributed by atoms with Gasteiger partial charge in [-0.05, 0) is 36.4 Å². The fraction of sp³-hybridized carbons (Fsp3) is 0.227. The second-order valence-corrected chi connectivity index (χ2v) is 8.87. The number of thiophene rings is 1. The van der Waals surface area contributed by atoms with Gasteiger partial charge in [0, 0.05) is 42.0 Å². The number of carbonyl (C=O) groups is 1. The van der Waals surface area contributed by atoms with Crippen LogP contribution in [0.25, 0.3) is 20.3 Å². The third-order valence-electron chi connectivity index (χ3n) is 5.55. The van der Waals surface area contributed by atoms with Crippen LogP contribution in [0, 0.1) is 5.82 Å². The molecule has 1 aliphatic rings. The van der Waals surface area contributed by atoms with Crippen LogP contribution >= 0.6 is 22.9 Å². The van der Waals surface area contributed by atoms with Gasteiger partial charge in [0.2, 0.25) is 5.91 Å². The van der Waals surface area contributed by atoms with Gasteiger partial charge in [0.1, 0.15) is 17.1 Å². The third kappa shape index (κ3) is 3.66. The quantitative estimate of drug-likeness (QED) is 0.471. The van der Waals surface area contributed by atoms with E-state index in [1.165, 1.54) is 34.4 Å². The van der Waals surface area contributed by atoms with Gasteiger partial charge in [-0.1, -0.05) is 17.7 Å². The Morgan fingerprint density at radius 1 is 1.10 bits per heavy atom. The van der Waals surface area contributed by atoms with Crippen LogP contribution in [0.2, 0.25) is 5.02 Å². The third-order valence-corrected chi connectivity index (χ3v) is 7.00. The van der Waals surface area contributed by atoms with E-state index in [9.17, 15) is 14.0 Å². The van der Waals surface area contributed by atoms with Gasteiger partial charge >= 0.3 is 0 Å². The molecule has 1 amide bonds. The lowest BCUT2D eigenvalue weighted by Crippen LogP contribution is -2.50. The molecule has 4 aromatic rings. The zero-order valence-corrected chi connectivity index (χ0v) is 18.0. The number of hydrogen-bond acceptors (Lipinski definition) is 5. The lowest BCUT2D eigenvalue weighted by Gasteiger charge is -2.36. The zero-order chi connectivity index (χ0) is 21.5. The molecule has 1 aliphatic heterocycles. The molecular weight excluding hydrogens is 439 g/mol. The SMILES string of the molecule is O=C(Cn1cnc2c(sc3cccc(Cl)c32)c1=O)N1CCN(c2ccc(F)cc2)CC1. The lowest BCUT2D eigenvalue weighted by molar-refractivity contribution is -0.132. The summed E-state index contributed by atoms with van der Waals surface area (Å²) >= 11 is 7.63. The van der Waals surface area contributed by atoms with Gasteiger partial charge < -0.3 is 9.80 Å². The summed E-state index contributed by atoms with van der Waals surface area (Å²) in [5.74, 6) is -0.393. The first-order valence-electron chi connectivity index (χ1n) is 9.86. The maximum Gasteiger partial charge on any atom is 0.271 e. The molecule has 3 heterocycles. The van der Waals surface area contributed by atoms with E-state index in [0.29, 0.717) is 41.4 Å². The molecule has 2 aromatic heterocycles. The molecule has 1 saturated heterocycles. The Labute approximate surface area is 186 Å². The van der Waals surface area contributed by atoms with Crippen LogP contribution in [-0.2, 0) is 11.3 Å². The van der Waals surface area contributed by atoms with Crippen molar-refractivity contribution in [3.63, 3.8) is 0 Å². The van der Waals surface area contributed by atoms with Gasteiger partial charge in [-0.25, -0.2) is 9.37 Å². The van der Waals surface area contributed by atoms with E-state index in [1.807, 2.05) is 12.1 Å². The number of rotatable bonds is 3. The summed E-state index contributed by atoms with van der Waals surface area (Å²) in [6, 6.07) is 11.9. The van der Waals surface area contributed by atoms with Crippen LogP contribution in [0.5, 0.6) is 0 Å². The highest BCUT2D eigenvalue weighted by Gasteiger charge is 2.22. The summed E-state index contributed by atoms with van der Waals surface area (Å²) in [7, 11) is 0. The van der Waals surface area contributed by atoms with Gasteiger partial charge in [-0.15, -0.1) is 11.3 Å². The molecule has 1 fully saturated rings. The highest BCUT2D eigenvalue weighted by atomic mass is 35.5. The Morgan fingerprint density at radius 3 is 2.58 bits per heavy atom. The fourth-order valence-corrected chi connectivity index (χ4v) is 5.35. The van der Waals surface area contributed by atoms with Crippen molar-refractivity contribution in [3.05, 3.63) is 70.0 Å². The second-order valence-electron chi connectivity index (χ2n) is 7.41. The van der Waals surface area contributed by atoms with E-state index >= 15 is 0 Å². The van der Waals surface area contributed by atoms with Gasteiger partial charge in [-0.3, -0.25) is 14.2 Å². The zero-order valence-electron chi connectivity index (χ0n) is 16.4. The molecule has 0 saturated carbocycles. The predicted molar refractivity (Wildman–Crippen MR) is 122 cm³/mol. The summed E-state index contributed by atoms with van der Waals surface area (Å²) in [5, 5.41) is 1.33. The fourth-order valence-electron chi connectivity index (χ4n) is 3.89. The molecule has 0 aliphatic carbocycles. The normalized spacial score (nSPS) is 14.5. The first-order valence-corrected chi connectivity index (χ1v) is 11.0. The lowest BCUT2D eigenvalue weighted by atomic mass is 10.2. The minimum absolute atomic E-state index is 0.0553. The maximum atomic E-state index is 13.1. The predicted octanol–water partition coefficient (Wildman–Crippen LogP) is 3.75. The largest absolute Gasteiger partial charge is 0.368 e. The summed E-state index contributed by atoms with van der Waals surface area (Å²) in [4.78, 5) is 34.1. The Balaban J connectivity index is 1.32. The van der Waals surface area contributed by atoms with E-state index in [0.717, 1.165) is 15.8 Å². The Bertz CT molecular complexity index is 1340. The minimum atomic E-state index is -0.269. The number of halogens is 2. The van der Waals surface area contributed by atoms with Crippen molar-refractivity contribution < 1.29 is 9.18 Å². The Kier molecular flexibility index (Phi) is 5.11. The molecule has 2 aromatic carbocycles. The summed E-state index contributed by atoms with van der Waals surface area (Å²) in [5.41, 5.74) is 1.27. The monoisotopic (exact) mass is 456 g/mol. The van der Waals surface area contributed by atoms with Crippen molar-refractivity contribution in [2.45, 2.75) is 6.54 Å². The van der Waals surface area contributed by atoms with Crippen molar-refractivity contribution in [1.82, 2.24) is 14.5 Å². The highest BCUT2D eigenvalue weighted by molar-refractivity contribution is 7.25. The molecule has 31 heavy (non-hydrogen) atoms. The number of fused-ring (bicyclic) bond motifs is 3. The number of aromatic nitrogens is 2. The van der Waals surface area contributed by atoms with Crippen LogP contribution in [0.1, 0.15) is 0 Å². The van der Waals surface area contributed by atoms with E-state index in [2.05, 4.69) is 9.88 Å². The van der Waals surface area contributed by atoms with Crippen molar-refractivity contribution in [3.8, 4) is 0 Å². The van der Waals surface area contributed by atoms with Crippen LogP contribution < -0.4 is 10.5 Å². The Morgan fingerprint density at radius 2 is 1.84 bits per heavy atom. The van der Waals surface area contributed by atoms with Gasteiger partial charge in [0.15, 0.2) is 0 Å².